The number of aryl methyl sites for hydroxylation is 1. The SMILES string of the molecule is CN=C(NCc1ccc(N2CCN(C)CC2)nc1)NCC(C)Oc1ccccc1C.I. The smallest absolute Gasteiger partial charge is 0.191 e. The molecule has 1 saturated heterocycles. The van der Waals surface area contributed by atoms with Gasteiger partial charge in [0, 0.05) is 46.0 Å². The highest BCUT2D eigenvalue weighted by atomic mass is 127. The topological polar surface area (TPSA) is 65.0 Å². The number of likely N-dealkylation sites (N-methyl/N-ethyl adjacent to an activating group) is 1. The quantitative estimate of drug-likeness (QED) is 0.321. The molecule has 170 valence electrons. The number of halogens is 1. The van der Waals surface area contributed by atoms with Crippen molar-refractivity contribution in [3.63, 3.8) is 0 Å². The van der Waals surface area contributed by atoms with Crippen molar-refractivity contribution in [2.45, 2.75) is 26.5 Å². The van der Waals surface area contributed by atoms with Crippen LogP contribution in [0.5, 0.6) is 5.75 Å². The molecule has 7 nitrogen and oxygen atoms in total. The van der Waals surface area contributed by atoms with Gasteiger partial charge in [0.25, 0.3) is 0 Å². The van der Waals surface area contributed by atoms with E-state index in [4.69, 9.17) is 4.74 Å². The van der Waals surface area contributed by atoms with Crippen LogP contribution >= 0.6 is 24.0 Å². The predicted molar refractivity (Wildman–Crippen MR) is 139 cm³/mol. The second kappa shape index (κ2) is 12.7. The summed E-state index contributed by atoms with van der Waals surface area (Å²) in [5, 5.41) is 6.67. The van der Waals surface area contributed by atoms with Crippen LogP contribution in [-0.2, 0) is 6.54 Å². The van der Waals surface area contributed by atoms with Gasteiger partial charge in [-0.15, -0.1) is 24.0 Å². The summed E-state index contributed by atoms with van der Waals surface area (Å²) in [6, 6.07) is 12.3. The molecule has 1 aromatic heterocycles. The van der Waals surface area contributed by atoms with Crippen molar-refractivity contribution in [1.82, 2.24) is 20.5 Å². The van der Waals surface area contributed by atoms with E-state index in [9.17, 15) is 0 Å². The number of ether oxygens (including phenoxy) is 1. The van der Waals surface area contributed by atoms with Crippen molar-refractivity contribution in [2.75, 3.05) is 51.7 Å². The van der Waals surface area contributed by atoms with Gasteiger partial charge >= 0.3 is 0 Å². The molecular weight excluding hydrogens is 503 g/mol. The molecule has 0 bridgehead atoms. The lowest BCUT2D eigenvalue weighted by Gasteiger charge is -2.33. The van der Waals surface area contributed by atoms with Crippen LogP contribution in [0.25, 0.3) is 0 Å². The molecule has 2 N–H and O–H groups in total. The van der Waals surface area contributed by atoms with Crippen molar-refractivity contribution in [3.8, 4) is 5.75 Å². The molecule has 2 heterocycles. The maximum Gasteiger partial charge on any atom is 0.191 e. The third-order valence-corrected chi connectivity index (χ3v) is 5.30. The minimum Gasteiger partial charge on any atom is -0.489 e. The van der Waals surface area contributed by atoms with Gasteiger partial charge in [-0.25, -0.2) is 4.98 Å². The van der Waals surface area contributed by atoms with Crippen molar-refractivity contribution in [2.24, 2.45) is 4.99 Å². The summed E-state index contributed by atoms with van der Waals surface area (Å²) < 4.78 is 6.02. The van der Waals surface area contributed by atoms with E-state index in [-0.39, 0.29) is 30.1 Å². The average molecular weight is 538 g/mol. The minimum absolute atomic E-state index is 0. The van der Waals surface area contributed by atoms with Gasteiger partial charge in [0.05, 0.1) is 6.54 Å². The van der Waals surface area contributed by atoms with E-state index in [0.717, 1.165) is 54.8 Å². The van der Waals surface area contributed by atoms with Gasteiger partial charge in [-0.05, 0) is 44.2 Å². The van der Waals surface area contributed by atoms with Crippen LogP contribution in [0.2, 0.25) is 0 Å². The van der Waals surface area contributed by atoms with Crippen LogP contribution in [0.4, 0.5) is 5.82 Å². The first kappa shape index (κ1) is 25.2. The van der Waals surface area contributed by atoms with E-state index in [1.54, 1.807) is 7.05 Å². The molecule has 0 amide bonds. The number of rotatable bonds is 7. The Morgan fingerprint density at radius 2 is 1.87 bits per heavy atom. The molecule has 1 aromatic carbocycles. The van der Waals surface area contributed by atoms with E-state index in [1.165, 1.54) is 0 Å². The Labute approximate surface area is 203 Å². The summed E-state index contributed by atoms with van der Waals surface area (Å²) in [5.74, 6) is 2.72. The van der Waals surface area contributed by atoms with E-state index in [0.29, 0.717) is 13.1 Å². The maximum absolute atomic E-state index is 6.02. The van der Waals surface area contributed by atoms with Crippen molar-refractivity contribution < 1.29 is 4.74 Å². The molecular formula is C23H35IN6O. The third kappa shape index (κ3) is 7.84. The highest BCUT2D eigenvalue weighted by Crippen LogP contribution is 2.17. The lowest BCUT2D eigenvalue weighted by atomic mass is 10.2. The van der Waals surface area contributed by atoms with Crippen LogP contribution in [-0.4, -0.2) is 68.8 Å². The number of aliphatic imine (C=N–C) groups is 1. The number of para-hydroxylation sites is 1. The largest absolute Gasteiger partial charge is 0.489 e. The van der Waals surface area contributed by atoms with Crippen LogP contribution in [0.3, 0.4) is 0 Å². The summed E-state index contributed by atoms with van der Waals surface area (Å²) >= 11 is 0. The normalized spacial score (nSPS) is 15.7. The molecule has 1 aliphatic rings. The fourth-order valence-corrected chi connectivity index (χ4v) is 3.34. The number of nitrogens with one attached hydrogen (secondary N) is 2. The van der Waals surface area contributed by atoms with Gasteiger partial charge in [0.2, 0.25) is 0 Å². The first-order chi connectivity index (χ1) is 14.5. The molecule has 2 aromatic rings. The zero-order valence-electron chi connectivity index (χ0n) is 19.0. The molecule has 31 heavy (non-hydrogen) atoms. The lowest BCUT2D eigenvalue weighted by molar-refractivity contribution is 0.222. The van der Waals surface area contributed by atoms with E-state index in [2.05, 4.69) is 62.6 Å². The average Bonchev–Trinajstić information content (AvgIpc) is 2.76. The standard InChI is InChI=1S/C23H34N6O.HI/c1-18-7-5-6-8-21(18)30-19(2)15-26-23(24-3)27-17-20-9-10-22(25-16-20)29-13-11-28(4)12-14-29;/h5-10,16,19H,11-15,17H2,1-4H3,(H2,24,26,27);1H. The number of pyridine rings is 1. The number of hydrogen-bond acceptors (Lipinski definition) is 5. The summed E-state index contributed by atoms with van der Waals surface area (Å²) in [6.07, 6.45) is 1.96. The number of benzene rings is 1. The second-order valence-electron chi connectivity index (χ2n) is 7.82. The number of nitrogens with zero attached hydrogens (tertiary/aromatic N) is 4. The molecule has 8 heteroatoms. The zero-order valence-corrected chi connectivity index (χ0v) is 21.3. The molecule has 0 radical (unpaired) electrons. The van der Waals surface area contributed by atoms with Gasteiger partial charge in [0.1, 0.15) is 17.7 Å². The van der Waals surface area contributed by atoms with Crippen molar-refractivity contribution in [1.29, 1.82) is 0 Å². The first-order valence-corrected chi connectivity index (χ1v) is 10.6. The Hall–Kier alpha value is -2.07. The first-order valence-electron chi connectivity index (χ1n) is 10.6. The summed E-state index contributed by atoms with van der Waals surface area (Å²) in [4.78, 5) is 13.6. The van der Waals surface area contributed by atoms with Crippen LogP contribution in [0.15, 0.2) is 47.6 Å². The summed E-state index contributed by atoms with van der Waals surface area (Å²) in [6.45, 7) is 9.66. The highest BCUT2D eigenvalue weighted by Gasteiger charge is 2.15. The zero-order chi connectivity index (χ0) is 21.3. The predicted octanol–water partition coefficient (Wildman–Crippen LogP) is 2.89. The van der Waals surface area contributed by atoms with Gasteiger partial charge in [-0.2, -0.15) is 0 Å². The van der Waals surface area contributed by atoms with Gasteiger partial charge in [-0.1, -0.05) is 24.3 Å². The summed E-state index contributed by atoms with van der Waals surface area (Å²) in [7, 11) is 3.94. The molecule has 0 spiro atoms. The van der Waals surface area contributed by atoms with E-state index in [1.807, 2.05) is 31.3 Å². The molecule has 0 aliphatic carbocycles. The Morgan fingerprint density at radius 3 is 2.52 bits per heavy atom. The molecule has 1 fully saturated rings. The Bertz CT molecular complexity index is 821. The molecule has 3 rings (SSSR count). The molecule has 1 unspecified atom stereocenters. The number of aromatic nitrogens is 1. The summed E-state index contributed by atoms with van der Waals surface area (Å²) in [5.41, 5.74) is 2.26. The van der Waals surface area contributed by atoms with Crippen LogP contribution in [0, 0.1) is 6.92 Å². The monoisotopic (exact) mass is 538 g/mol. The van der Waals surface area contributed by atoms with E-state index >= 15 is 0 Å². The number of anilines is 1. The third-order valence-electron chi connectivity index (χ3n) is 5.30. The minimum atomic E-state index is 0. The van der Waals surface area contributed by atoms with Crippen LogP contribution < -0.4 is 20.3 Å². The number of guanidine groups is 1. The lowest BCUT2D eigenvalue weighted by Crippen LogP contribution is -2.44. The van der Waals surface area contributed by atoms with Gasteiger partial charge < -0.3 is 25.2 Å². The fourth-order valence-electron chi connectivity index (χ4n) is 3.34. The Kier molecular flexibility index (Phi) is 10.3. The molecule has 1 aliphatic heterocycles. The van der Waals surface area contributed by atoms with Gasteiger partial charge in [0.15, 0.2) is 5.96 Å². The number of hydrogen-bond donors (Lipinski definition) is 2. The Balaban J connectivity index is 0.00000341. The van der Waals surface area contributed by atoms with Crippen LogP contribution in [0.1, 0.15) is 18.1 Å². The second-order valence-corrected chi connectivity index (χ2v) is 7.82. The molecule has 1 atom stereocenters. The van der Waals surface area contributed by atoms with Crippen molar-refractivity contribution in [3.05, 3.63) is 53.7 Å². The maximum atomic E-state index is 6.02. The fraction of sp³-hybridized carbons (Fsp3) is 0.478. The number of piperazine rings is 1. The van der Waals surface area contributed by atoms with E-state index < -0.39 is 0 Å². The highest BCUT2D eigenvalue weighted by molar-refractivity contribution is 14.0. The molecule has 0 saturated carbocycles. The Morgan fingerprint density at radius 1 is 1.13 bits per heavy atom. The van der Waals surface area contributed by atoms with Gasteiger partial charge in [-0.3, -0.25) is 4.99 Å². The van der Waals surface area contributed by atoms with Crippen molar-refractivity contribution >= 4 is 35.8 Å².